The van der Waals surface area contributed by atoms with E-state index in [1.165, 1.54) is 0 Å². The molecule has 1 aromatic rings. The third-order valence-corrected chi connectivity index (χ3v) is 3.34. The number of carbonyl (C=O) groups is 1. The van der Waals surface area contributed by atoms with Crippen molar-refractivity contribution in [3.8, 4) is 0 Å². The molecule has 0 unspecified atom stereocenters. The van der Waals surface area contributed by atoms with Crippen LogP contribution in [-0.4, -0.2) is 57.8 Å². The fourth-order valence-corrected chi connectivity index (χ4v) is 2.11. The van der Waals surface area contributed by atoms with Crippen molar-refractivity contribution in [2.75, 3.05) is 13.7 Å². The zero-order valence-electron chi connectivity index (χ0n) is 12.0. The molecule has 23 heavy (non-hydrogen) atoms. The first-order chi connectivity index (χ1) is 10.9. The van der Waals surface area contributed by atoms with Crippen molar-refractivity contribution in [2.24, 2.45) is 0 Å². The number of aromatic nitrogens is 2. The number of aromatic amines is 1. The number of carbonyl (C=O) groups excluding carboxylic acids is 1. The molecule has 1 fully saturated rings. The van der Waals surface area contributed by atoms with Crippen LogP contribution in [0.15, 0.2) is 21.9 Å². The molecule has 9 nitrogen and oxygen atoms in total. The number of rotatable bonds is 4. The van der Waals surface area contributed by atoms with Gasteiger partial charge < -0.3 is 19.7 Å². The molecule has 1 aromatic heterocycles. The number of halogens is 1. The summed E-state index contributed by atoms with van der Waals surface area (Å²) in [5.41, 5.74) is -1.87. The summed E-state index contributed by atoms with van der Waals surface area (Å²) in [6.07, 6.45) is -3.27. The zero-order chi connectivity index (χ0) is 17.1. The minimum atomic E-state index is -1.98. The number of methoxy groups -OCH3 is 1. The Bertz CT molecular complexity index is 726. The molecule has 0 radical (unpaired) electrons. The van der Waals surface area contributed by atoms with Crippen LogP contribution in [0.1, 0.15) is 11.8 Å². The predicted molar refractivity (Wildman–Crippen MR) is 74.3 cm³/mol. The van der Waals surface area contributed by atoms with Gasteiger partial charge in [0.2, 0.25) is 0 Å². The average Bonchev–Trinajstić information content (AvgIpc) is 2.81. The van der Waals surface area contributed by atoms with Crippen LogP contribution in [-0.2, 0) is 14.3 Å². The van der Waals surface area contributed by atoms with E-state index in [4.69, 9.17) is 9.84 Å². The lowest BCUT2D eigenvalue weighted by Gasteiger charge is -2.16. The summed E-state index contributed by atoms with van der Waals surface area (Å²) in [6.45, 7) is -0.634. The number of aliphatic hydroxyl groups is 2. The average molecular weight is 330 g/mol. The molecule has 0 spiro atoms. The van der Waals surface area contributed by atoms with E-state index in [0.29, 0.717) is 0 Å². The largest absolute Gasteiger partial charge is 0.466 e. The summed E-state index contributed by atoms with van der Waals surface area (Å²) in [5.74, 6) is -0.724. The Labute approximate surface area is 128 Å². The highest BCUT2D eigenvalue weighted by Crippen LogP contribution is 2.30. The zero-order valence-corrected chi connectivity index (χ0v) is 12.0. The second-order valence-electron chi connectivity index (χ2n) is 4.79. The molecule has 2 rings (SSSR count). The molecular formula is C13H15FN2O7. The van der Waals surface area contributed by atoms with E-state index in [0.717, 1.165) is 30.0 Å². The van der Waals surface area contributed by atoms with Crippen molar-refractivity contribution in [1.29, 1.82) is 0 Å². The first kappa shape index (κ1) is 17.1. The highest BCUT2D eigenvalue weighted by atomic mass is 19.1. The highest BCUT2D eigenvalue weighted by Gasteiger charge is 2.45. The van der Waals surface area contributed by atoms with Crippen LogP contribution in [0.3, 0.4) is 0 Å². The van der Waals surface area contributed by atoms with Gasteiger partial charge in [0, 0.05) is 12.3 Å². The van der Waals surface area contributed by atoms with Gasteiger partial charge in [-0.25, -0.2) is 14.0 Å². The lowest BCUT2D eigenvalue weighted by molar-refractivity contribution is -0.134. The van der Waals surface area contributed by atoms with Crippen molar-refractivity contribution in [3.63, 3.8) is 0 Å². The van der Waals surface area contributed by atoms with Crippen molar-refractivity contribution in [3.05, 3.63) is 38.7 Å². The maximum absolute atomic E-state index is 14.1. The first-order valence-corrected chi connectivity index (χ1v) is 6.59. The quantitative estimate of drug-likeness (QED) is 0.443. The second-order valence-corrected chi connectivity index (χ2v) is 4.79. The van der Waals surface area contributed by atoms with Crippen LogP contribution in [0.4, 0.5) is 4.39 Å². The maximum Gasteiger partial charge on any atom is 0.330 e. The molecule has 2 heterocycles. The van der Waals surface area contributed by atoms with Crippen molar-refractivity contribution < 1.29 is 28.9 Å². The minimum Gasteiger partial charge on any atom is -0.466 e. The van der Waals surface area contributed by atoms with Gasteiger partial charge in [0.15, 0.2) is 12.4 Å². The summed E-state index contributed by atoms with van der Waals surface area (Å²) in [6, 6.07) is 0. The number of alkyl halides is 1. The molecule has 4 atom stereocenters. The van der Waals surface area contributed by atoms with Crippen LogP contribution in [0, 0.1) is 0 Å². The molecule has 1 aliphatic heterocycles. The number of esters is 1. The van der Waals surface area contributed by atoms with Crippen molar-refractivity contribution >= 4 is 12.0 Å². The van der Waals surface area contributed by atoms with E-state index in [1.54, 1.807) is 0 Å². The number of nitrogens with zero attached hydrogens (tertiary/aromatic N) is 1. The molecule has 0 bridgehead atoms. The van der Waals surface area contributed by atoms with Crippen molar-refractivity contribution in [1.82, 2.24) is 9.55 Å². The summed E-state index contributed by atoms with van der Waals surface area (Å²) >= 11 is 0. The predicted octanol–water partition coefficient (Wildman–Crippen LogP) is -1.69. The van der Waals surface area contributed by atoms with Gasteiger partial charge in [0.1, 0.15) is 12.2 Å². The van der Waals surface area contributed by atoms with E-state index in [1.807, 2.05) is 4.98 Å². The molecule has 1 saturated heterocycles. The Morgan fingerprint density at radius 3 is 2.83 bits per heavy atom. The van der Waals surface area contributed by atoms with Crippen molar-refractivity contribution in [2.45, 2.75) is 24.6 Å². The van der Waals surface area contributed by atoms with Gasteiger partial charge in [-0.05, 0) is 6.08 Å². The van der Waals surface area contributed by atoms with E-state index in [2.05, 4.69) is 4.74 Å². The molecule has 10 heteroatoms. The molecule has 0 amide bonds. The normalized spacial score (nSPS) is 27.5. The van der Waals surface area contributed by atoms with E-state index in [-0.39, 0.29) is 5.56 Å². The van der Waals surface area contributed by atoms with Gasteiger partial charge in [-0.1, -0.05) is 0 Å². The smallest absolute Gasteiger partial charge is 0.330 e. The number of H-pyrrole nitrogens is 1. The fourth-order valence-electron chi connectivity index (χ4n) is 2.11. The molecule has 0 saturated carbocycles. The lowest BCUT2D eigenvalue weighted by atomic mass is 10.1. The molecule has 1 aliphatic rings. The standard InChI is InChI=1S/C13H15FN2O7/c1-22-8(18)3-2-6-4-16(13(21)15-11(6)20)12-9(14)10(19)7(5-17)23-12/h2-4,7,9-10,12,17,19H,5H2,1H3,(H,15,20,21)/t7-,9-,10-,12-/m1/s1. The van der Waals surface area contributed by atoms with Gasteiger partial charge in [-0.15, -0.1) is 0 Å². The van der Waals surface area contributed by atoms with Crippen LogP contribution in [0.25, 0.3) is 6.08 Å². The summed E-state index contributed by atoms with van der Waals surface area (Å²) in [4.78, 5) is 36.5. The third kappa shape index (κ3) is 3.38. The fraction of sp³-hybridized carbons (Fsp3) is 0.462. The number of hydrogen-bond acceptors (Lipinski definition) is 7. The summed E-state index contributed by atoms with van der Waals surface area (Å²) in [7, 11) is 1.15. The van der Waals surface area contributed by atoms with Crippen LogP contribution >= 0.6 is 0 Å². The van der Waals surface area contributed by atoms with Gasteiger partial charge >= 0.3 is 11.7 Å². The molecule has 126 valence electrons. The molecule has 0 aliphatic carbocycles. The number of hydrogen-bond donors (Lipinski definition) is 3. The van der Waals surface area contributed by atoms with Crippen LogP contribution in [0.5, 0.6) is 0 Å². The Morgan fingerprint density at radius 2 is 2.26 bits per heavy atom. The van der Waals surface area contributed by atoms with Crippen LogP contribution < -0.4 is 11.2 Å². The Morgan fingerprint density at radius 1 is 1.57 bits per heavy atom. The van der Waals surface area contributed by atoms with Crippen LogP contribution in [0.2, 0.25) is 0 Å². The third-order valence-electron chi connectivity index (χ3n) is 3.34. The van der Waals surface area contributed by atoms with Gasteiger partial charge in [-0.3, -0.25) is 14.3 Å². The molecule has 0 aromatic carbocycles. The molecule has 3 N–H and O–H groups in total. The van der Waals surface area contributed by atoms with Gasteiger partial charge in [0.05, 0.1) is 19.3 Å². The summed E-state index contributed by atoms with van der Waals surface area (Å²) < 4.78 is 24.3. The Hall–Kier alpha value is -2.30. The lowest BCUT2D eigenvalue weighted by Crippen LogP contribution is -2.36. The minimum absolute atomic E-state index is 0.118. The Kier molecular flexibility index (Phi) is 5.08. The molecular weight excluding hydrogens is 315 g/mol. The Balaban J connectivity index is 2.40. The monoisotopic (exact) mass is 330 g/mol. The first-order valence-electron chi connectivity index (χ1n) is 6.59. The number of nitrogens with one attached hydrogen (secondary N) is 1. The maximum atomic E-state index is 14.1. The van der Waals surface area contributed by atoms with E-state index >= 15 is 0 Å². The topological polar surface area (TPSA) is 131 Å². The van der Waals surface area contributed by atoms with Gasteiger partial charge in [0.25, 0.3) is 5.56 Å². The van der Waals surface area contributed by atoms with E-state index in [9.17, 15) is 23.9 Å². The highest BCUT2D eigenvalue weighted by molar-refractivity contribution is 5.86. The number of aliphatic hydroxyl groups excluding tert-OH is 2. The SMILES string of the molecule is COC(=O)C=Cc1cn([C@@H]2O[C@H](CO)[C@@H](O)[C@H]2F)c(=O)[nH]c1=O. The summed E-state index contributed by atoms with van der Waals surface area (Å²) in [5, 5.41) is 18.6. The van der Waals surface area contributed by atoms with E-state index < -0.39 is 48.4 Å². The second kappa shape index (κ2) is 6.86. The van der Waals surface area contributed by atoms with Gasteiger partial charge in [-0.2, -0.15) is 0 Å². The number of ether oxygens (including phenoxy) is 2.